The Hall–Kier alpha value is -0.870. The number of amides is 1. The van der Waals surface area contributed by atoms with Crippen LogP contribution in [0.2, 0.25) is 0 Å². The number of nitrogens with one attached hydrogen (secondary N) is 1. The Morgan fingerprint density at radius 3 is 2.82 bits per heavy atom. The number of hydrogen-bond donors (Lipinski definition) is 1. The summed E-state index contributed by atoms with van der Waals surface area (Å²) >= 11 is 1.70. The summed E-state index contributed by atoms with van der Waals surface area (Å²) in [6, 6.07) is 2.11. The van der Waals surface area contributed by atoms with Crippen LogP contribution < -0.4 is 5.32 Å². The van der Waals surface area contributed by atoms with Gasteiger partial charge in [0, 0.05) is 32.6 Å². The lowest BCUT2D eigenvalue weighted by atomic mass is 10.0. The van der Waals surface area contributed by atoms with Crippen LogP contribution in [0.15, 0.2) is 16.8 Å². The van der Waals surface area contributed by atoms with Crippen molar-refractivity contribution in [1.29, 1.82) is 0 Å². The van der Waals surface area contributed by atoms with E-state index in [2.05, 4.69) is 27.0 Å². The van der Waals surface area contributed by atoms with Crippen LogP contribution in [0.3, 0.4) is 0 Å². The molecule has 3 rings (SSSR count). The second kappa shape index (κ2) is 4.78. The van der Waals surface area contributed by atoms with Gasteiger partial charge < -0.3 is 10.2 Å². The molecule has 0 saturated carbocycles. The molecule has 1 aromatic heterocycles. The van der Waals surface area contributed by atoms with Crippen molar-refractivity contribution in [2.24, 2.45) is 11.8 Å². The van der Waals surface area contributed by atoms with E-state index >= 15 is 0 Å². The van der Waals surface area contributed by atoms with E-state index in [0.29, 0.717) is 24.2 Å². The first-order valence-corrected chi connectivity index (χ1v) is 7.27. The molecule has 3 nitrogen and oxygen atoms in total. The van der Waals surface area contributed by atoms with Crippen LogP contribution in [-0.4, -0.2) is 37.0 Å². The standard InChI is InChI=1S/C13H18N2OS/c16-13(2-1-10-3-4-17-9-10)15-7-11-5-14-6-12(11)8-15/h3-4,9,11-12,14H,1-2,5-8H2/t11-,12+. The molecule has 0 radical (unpaired) electrons. The number of thiophene rings is 1. The lowest BCUT2D eigenvalue weighted by molar-refractivity contribution is -0.130. The lowest BCUT2D eigenvalue weighted by Crippen LogP contribution is -2.31. The fourth-order valence-corrected chi connectivity index (χ4v) is 3.61. The Kier molecular flexibility index (Phi) is 3.16. The number of carbonyl (C=O) groups is 1. The van der Waals surface area contributed by atoms with E-state index in [0.717, 1.165) is 32.6 Å². The maximum absolute atomic E-state index is 12.1. The second-order valence-electron chi connectivity index (χ2n) is 5.11. The molecule has 92 valence electrons. The Labute approximate surface area is 106 Å². The monoisotopic (exact) mass is 250 g/mol. The van der Waals surface area contributed by atoms with Crippen LogP contribution in [-0.2, 0) is 11.2 Å². The second-order valence-corrected chi connectivity index (χ2v) is 5.89. The highest BCUT2D eigenvalue weighted by Crippen LogP contribution is 2.26. The lowest BCUT2D eigenvalue weighted by Gasteiger charge is -2.17. The summed E-state index contributed by atoms with van der Waals surface area (Å²) in [5.74, 6) is 1.76. The average molecular weight is 250 g/mol. The molecule has 2 fully saturated rings. The van der Waals surface area contributed by atoms with Crippen LogP contribution in [0.1, 0.15) is 12.0 Å². The molecule has 2 aliphatic rings. The van der Waals surface area contributed by atoms with Crippen molar-refractivity contribution in [3.8, 4) is 0 Å². The molecule has 4 heteroatoms. The summed E-state index contributed by atoms with van der Waals surface area (Å²) in [6.45, 7) is 4.14. The van der Waals surface area contributed by atoms with Gasteiger partial charge in [-0.15, -0.1) is 0 Å². The van der Waals surface area contributed by atoms with E-state index < -0.39 is 0 Å². The zero-order chi connectivity index (χ0) is 11.7. The van der Waals surface area contributed by atoms with E-state index in [4.69, 9.17) is 0 Å². The van der Waals surface area contributed by atoms with Crippen LogP contribution >= 0.6 is 11.3 Å². The molecular formula is C13H18N2OS. The third-order valence-corrected chi connectivity index (χ3v) is 4.68. The molecule has 1 aromatic rings. The molecule has 2 aliphatic heterocycles. The van der Waals surface area contributed by atoms with Crippen LogP contribution in [0.25, 0.3) is 0 Å². The summed E-state index contributed by atoms with van der Waals surface area (Å²) < 4.78 is 0. The largest absolute Gasteiger partial charge is 0.342 e. The molecule has 0 aromatic carbocycles. The van der Waals surface area contributed by atoms with Crippen molar-refractivity contribution in [2.45, 2.75) is 12.8 Å². The van der Waals surface area contributed by atoms with Gasteiger partial charge in [0.1, 0.15) is 0 Å². The van der Waals surface area contributed by atoms with Crippen LogP contribution in [0.5, 0.6) is 0 Å². The van der Waals surface area contributed by atoms with Gasteiger partial charge >= 0.3 is 0 Å². The predicted octanol–water partition coefficient (Wildman–Crippen LogP) is 1.36. The Bertz CT molecular complexity index is 378. The van der Waals surface area contributed by atoms with Crippen molar-refractivity contribution in [2.75, 3.05) is 26.2 Å². The first-order chi connectivity index (χ1) is 8.33. The summed E-state index contributed by atoms with van der Waals surface area (Å²) in [5.41, 5.74) is 1.30. The molecule has 0 unspecified atom stereocenters. The van der Waals surface area contributed by atoms with Gasteiger partial charge in [-0.3, -0.25) is 4.79 Å². The first-order valence-electron chi connectivity index (χ1n) is 6.32. The highest BCUT2D eigenvalue weighted by atomic mass is 32.1. The van der Waals surface area contributed by atoms with Gasteiger partial charge in [-0.2, -0.15) is 11.3 Å². The number of hydrogen-bond acceptors (Lipinski definition) is 3. The number of likely N-dealkylation sites (tertiary alicyclic amines) is 1. The van der Waals surface area contributed by atoms with Gasteiger partial charge in [0.05, 0.1) is 0 Å². The minimum Gasteiger partial charge on any atom is -0.342 e. The van der Waals surface area contributed by atoms with E-state index in [1.807, 2.05) is 0 Å². The number of fused-ring (bicyclic) bond motifs is 1. The number of carbonyl (C=O) groups excluding carboxylic acids is 1. The molecule has 0 spiro atoms. The number of nitrogens with zero attached hydrogens (tertiary/aromatic N) is 1. The van der Waals surface area contributed by atoms with Gasteiger partial charge in [0.15, 0.2) is 0 Å². The molecule has 17 heavy (non-hydrogen) atoms. The molecule has 1 amide bonds. The van der Waals surface area contributed by atoms with Crippen molar-refractivity contribution in [3.05, 3.63) is 22.4 Å². The van der Waals surface area contributed by atoms with E-state index in [-0.39, 0.29) is 0 Å². The van der Waals surface area contributed by atoms with Gasteiger partial charge in [0.25, 0.3) is 0 Å². The van der Waals surface area contributed by atoms with Crippen LogP contribution in [0, 0.1) is 11.8 Å². The minimum absolute atomic E-state index is 0.339. The Morgan fingerprint density at radius 2 is 2.18 bits per heavy atom. The fraction of sp³-hybridized carbons (Fsp3) is 0.615. The number of rotatable bonds is 3. The van der Waals surface area contributed by atoms with Crippen molar-refractivity contribution < 1.29 is 4.79 Å². The Balaban J connectivity index is 1.50. The topological polar surface area (TPSA) is 32.3 Å². The molecule has 0 aliphatic carbocycles. The zero-order valence-electron chi connectivity index (χ0n) is 9.89. The van der Waals surface area contributed by atoms with E-state index in [9.17, 15) is 4.79 Å². The summed E-state index contributed by atoms with van der Waals surface area (Å²) in [4.78, 5) is 14.2. The maximum Gasteiger partial charge on any atom is 0.222 e. The zero-order valence-corrected chi connectivity index (χ0v) is 10.7. The third-order valence-electron chi connectivity index (χ3n) is 3.95. The van der Waals surface area contributed by atoms with Gasteiger partial charge in [-0.1, -0.05) is 0 Å². The van der Waals surface area contributed by atoms with Crippen molar-refractivity contribution in [3.63, 3.8) is 0 Å². The highest BCUT2D eigenvalue weighted by Gasteiger charge is 2.37. The van der Waals surface area contributed by atoms with Gasteiger partial charge in [-0.25, -0.2) is 0 Å². The SMILES string of the molecule is O=C(CCc1ccsc1)N1C[C@H]2CNC[C@H]2C1. The quantitative estimate of drug-likeness (QED) is 0.878. The third kappa shape index (κ3) is 2.38. The minimum atomic E-state index is 0.339. The first kappa shape index (κ1) is 11.2. The molecule has 1 N–H and O–H groups in total. The predicted molar refractivity (Wildman–Crippen MR) is 69.1 cm³/mol. The molecule has 2 saturated heterocycles. The molecule has 0 bridgehead atoms. The van der Waals surface area contributed by atoms with E-state index in [1.54, 1.807) is 11.3 Å². The van der Waals surface area contributed by atoms with E-state index in [1.165, 1.54) is 5.56 Å². The summed E-state index contributed by atoms with van der Waals surface area (Å²) in [5, 5.41) is 7.61. The normalized spacial score (nSPS) is 27.4. The molecule has 3 heterocycles. The average Bonchev–Trinajstić information content (AvgIpc) is 3.01. The smallest absolute Gasteiger partial charge is 0.222 e. The summed E-state index contributed by atoms with van der Waals surface area (Å²) in [7, 11) is 0. The van der Waals surface area contributed by atoms with Crippen molar-refractivity contribution >= 4 is 17.2 Å². The maximum atomic E-state index is 12.1. The van der Waals surface area contributed by atoms with Crippen molar-refractivity contribution in [1.82, 2.24) is 10.2 Å². The summed E-state index contributed by atoms with van der Waals surface area (Å²) in [6.07, 6.45) is 1.57. The van der Waals surface area contributed by atoms with Gasteiger partial charge in [-0.05, 0) is 40.6 Å². The van der Waals surface area contributed by atoms with Gasteiger partial charge in [0.2, 0.25) is 5.91 Å². The van der Waals surface area contributed by atoms with Crippen LogP contribution in [0.4, 0.5) is 0 Å². The highest BCUT2D eigenvalue weighted by molar-refractivity contribution is 7.07. The fourth-order valence-electron chi connectivity index (χ4n) is 2.90. The Morgan fingerprint density at radius 1 is 1.41 bits per heavy atom. The molecular weight excluding hydrogens is 232 g/mol. The molecule has 2 atom stereocenters. The number of aryl methyl sites for hydroxylation is 1.